The van der Waals surface area contributed by atoms with Crippen molar-refractivity contribution in [2.75, 3.05) is 72.2 Å². The van der Waals surface area contributed by atoms with Crippen molar-refractivity contribution in [3.8, 4) is 0 Å². The van der Waals surface area contributed by atoms with Gasteiger partial charge >= 0.3 is 11.9 Å². The number of aliphatic hydroxyl groups excluding tert-OH is 1. The zero-order chi connectivity index (χ0) is 40.9. The smallest absolute Gasteiger partial charge is 0.305 e. The number of allylic oxidation sites excluding steroid dienone is 4. The molecule has 0 aliphatic carbocycles. The van der Waals surface area contributed by atoms with Crippen molar-refractivity contribution in [1.29, 1.82) is 0 Å². The molecule has 2 unspecified atom stereocenters. The summed E-state index contributed by atoms with van der Waals surface area (Å²) in [6, 6.07) is 0. The van der Waals surface area contributed by atoms with Crippen molar-refractivity contribution >= 4 is 17.8 Å². The van der Waals surface area contributed by atoms with Crippen LogP contribution in [0.15, 0.2) is 24.3 Å². The summed E-state index contributed by atoms with van der Waals surface area (Å²) >= 11 is 0. The van der Waals surface area contributed by atoms with Crippen molar-refractivity contribution in [3.05, 3.63) is 24.3 Å². The minimum Gasteiger partial charge on any atom is -0.464 e. The second-order valence-electron chi connectivity index (χ2n) is 16.6. The summed E-state index contributed by atoms with van der Waals surface area (Å²) in [5, 5.41) is 9.15. The Bertz CT molecular complexity index is 1010. The van der Waals surface area contributed by atoms with Crippen LogP contribution in [-0.4, -0.2) is 110 Å². The molecule has 1 rings (SSSR count). The van der Waals surface area contributed by atoms with Gasteiger partial charge in [0.2, 0.25) is 5.91 Å². The van der Waals surface area contributed by atoms with Crippen LogP contribution in [0.3, 0.4) is 0 Å². The van der Waals surface area contributed by atoms with Gasteiger partial charge < -0.3 is 24.4 Å². The first-order chi connectivity index (χ1) is 27.3. The number of rotatable bonds is 37. The summed E-state index contributed by atoms with van der Waals surface area (Å²) in [4.78, 5) is 44.6. The lowest BCUT2D eigenvalue weighted by Gasteiger charge is -2.35. The van der Waals surface area contributed by atoms with Gasteiger partial charge in [-0.2, -0.15) is 0 Å². The van der Waals surface area contributed by atoms with Crippen LogP contribution in [0.25, 0.3) is 0 Å². The Hall–Kier alpha value is -2.23. The third-order valence-electron chi connectivity index (χ3n) is 11.1. The molecule has 1 saturated heterocycles. The molecule has 0 bridgehead atoms. The summed E-state index contributed by atoms with van der Waals surface area (Å²) in [6.07, 6.45) is 33.9. The molecule has 1 aliphatic heterocycles. The number of unbranched alkanes of at least 4 members (excludes halogenated alkanes) is 13. The van der Waals surface area contributed by atoms with Gasteiger partial charge in [0.05, 0.1) is 19.6 Å². The Morgan fingerprint density at radius 2 is 1.09 bits per heavy atom. The molecule has 0 spiro atoms. The molecule has 9 nitrogen and oxygen atoms in total. The standard InChI is InChI=1S/C47H87N3O6/c1-5-7-9-10-11-12-13-14-15-16-17-20-24-29-46(53)55-39-36-50(45(52)42-49-34-32-48(33-35-49)31-26-38-51)37-40-56-47(54)30-25-21-18-19-23-28-44(4)41-43(3)27-22-8-6-2/h11-14,43-44,51H,5-10,15-42H2,1-4H3/b12-11+,14-13+. The lowest BCUT2D eigenvalue weighted by atomic mass is 9.89. The lowest BCUT2D eigenvalue weighted by Crippen LogP contribution is -2.51. The average Bonchev–Trinajstić information content (AvgIpc) is 3.18. The van der Waals surface area contributed by atoms with Crippen molar-refractivity contribution < 1.29 is 29.0 Å². The van der Waals surface area contributed by atoms with Crippen LogP contribution in [0.2, 0.25) is 0 Å². The van der Waals surface area contributed by atoms with Gasteiger partial charge in [0.25, 0.3) is 0 Å². The highest BCUT2D eigenvalue weighted by molar-refractivity contribution is 5.78. The third kappa shape index (κ3) is 30.8. The maximum Gasteiger partial charge on any atom is 0.305 e. The molecule has 9 heteroatoms. The average molecular weight is 790 g/mol. The molecule has 0 aromatic rings. The Labute approximate surface area is 344 Å². The van der Waals surface area contributed by atoms with E-state index in [-0.39, 0.29) is 57.3 Å². The van der Waals surface area contributed by atoms with Crippen LogP contribution in [0.4, 0.5) is 0 Å². The summed E-state index contributed by atoms with van der Waals surface area (Å²) in [5.41, 5.74) is 0. The quantitative estimate of drug-likeness (QED) is 0.0378. The Balaban J connectivity index is 2.35. The van der Waals surface area contributed by atoms with E-state index < -0.39 is 0 Å². The van der Waals surface area contributed by atoms with E-state index in [1.807, 2.05) is 0 Å². The molecule has 1 aliphatic rings. The first-order valence-electron chi connectivity index (χ1n) is 23.2. The number of piperazine rings is 1. The van der Waals surface area contributed by atoms with Crippen molar-refractivity contribution in [1.82, 2.24) is 14.7 Å². The summed E-state index contributed by atoms with van der Waals surface area (Å²) in [5.74, 6) is 1.15. The molecule has 56 heavy (non-hydrogen) atoms. The van der Waals surface area contributed by atoms with Crippen LogP contribution >= 0.6 is 0 Å². The van der Waals surface area contributed by atoms with E-state index in [1.165, 1.54) is 70.6 Å². The fraction of sp³-hybridized carbons (Fsp3) is 0.851. The SMILES string of the molecule is CCCCC/C=C/C=C/CCCCCCC(=O)OCCN(CCOC(=O)CCCCCCCC(C)CC(C)CCCCC)C(=O)CN1CCN(CCCO)CC1. The Morgan fingerprint density at radius 3 is 1.64 bits per heavy atom. The number of hydrogen-bond donors (Lipinski definition) is 1. The molecule has 0 radical (unpaired) electrons. The molecule has 0 saturated carbocycles. The number of esters is 2. The zero-order valence-corrected chi connectivity index (χ0v) is 36.8. The van der Waals surface area contributed by atoms with Gasteiger partial charge in [-0.15, -0.1) is 0 Å². The highest BCUT2D eigenvalue weighted by atomic mass is 16.5. The number of amides is 1. The van der Waals surface area contributed by atoms with Gasteiger partial charge in [-0.25, -0.2) is 0 Å². The number of aliphatic hydroxyl groups is 1. The maximum atomic E-state index is 13.4. The number of carbonyl (C=O) groups excluding carboxylic acids is 3. The summed E-state index contributed by atoms with van der Waals surface area (Å²) in [6.45, 7) is 14.8. The van der Waals surface area contributed by atoms with Crippen LogP contribution < -0.4 is 0 Å². The van der Waals surface area contributed by atoms with E-state index in [1.54, 1.807) is 4.90 Å². The fourth-order valence-electron chi connectivity index (χ4n) is 7.51. The van der Waals surface area contributed by atoms with Crippen LogP contribution in [0, 0.1) is 11.8 Å². The lowest BCUT2D eigenvalue weighted by molar-refractivity contribution is -0.148. The molecule has 326 valence electrons. The fourth-order valence-corrected chi connectivity index (χ4v) is 7.51. The van der Waals surface area contributed by atoms with Crippen LogP contribution in [0.1, 0.15) is 175 Å². The molecule has 1 fully saturated rings. The van der Waals surface area contributed by atoms with Crippen molar-refractivity contribution in [2.24, 2.45) is 11.8 Å². The second kappa shape index (κ2) is 37.1. The van der Waals surface area contributed by atoms with Crippen LogP contribution in [0.5, 0.6) is 0 Å². The van der Waals surface area contributed by atoms with Gasteiger partial charge in [-0.3, -0.25) is 19.3 Å². The largest absolute Gasteiger partial charge is 0.464 e. The second-order valence-corrected chi connectivity index (χ2v) is 16.6. The molecule has 2 atom stereocenters. The minimum absolute atomic E-state index is 0.0396. The first-order valence-corrected chi connectivity index (χ1v) is 23.2. The molecule has 1 amide bonds. The minimum atomic E-state index is -0.224. The molecule has 0 aromatic carbocycles. The highest BCUT2D eigenvalue weighted by Crippen LogP contribution is 2.22. The maximum absolute atomic E-state index is 13.4. The van der Waals surface area contributed by atoms with E-state index >= 15 is 0 Å². The Morgan fingerprint density at radius 1 is 0.625 bits per heavy atom. The van der Waals surface area contributed by atoms with Gasteiger partial charge in [0.1, 0.15) is 13.2 Å². The molecule has 1 N–H and O–H groups in total. The van der Waals surface area contributed by atoms with Crippen molar-refractivity contribution in [3.63, 3.8) is 0 Å². The molecule has 0 aromatic heterocycles. The van der Waals surface area contributed by atoms with E-state index in [2.05, 4.69) is 61.8 Å². The predicted molar refractivity (Wildman–Crippen MR) is 233 cm³/mol. The highest BCUT2D eigenvalue weighted by Gasteiger charge is 2.22. The normalized spacial score (nSPS) is 15.1. The molecular weight excluding hydrogens is 703 g/mol. The van der Waals surface area contributed by atoms with Crippen LogP contribution in [-0.2, 0) is 23.9 Å². The molecular formula is C47H87N3O6. The van der Waals surface area contributed by atoms with Gasteiger partial charge in [0.15, 0.2) is 0 Å². The third-order valence-corrected chi connectivity index (χ3v) is 11.1. The van der Waals surface area contributed by atoms with Crippen molar-refractivity contribution in [2.45, 2.75) is 175 Å². The van der Waals surface area contributed by atoms with Gasteiger partial charge in [-0.1, -0.05) is 135 Å². The van der Waals surface area contributed by atoms with Gasteiger partial charge in [0, 0.05) is 52.2 Å². The monoisotopic (exact) mass is 790 g/mol. The van der Waals surface area contributed by atoms with E-state index in [0.717, 1.165) is 109 Å². The number of nitrogens with zero attached hydrogens (tertiary/aromatic N) is 3. The summed E-state index contributed by atoms with van der Waals surface area (Å²) in [7, 11) is 0. The number of carbonyl (C=O) groups is 3. The molecule has 1 heterocycles. The number of ether oxygens (including phenoxy) is 2. The van der Waals surface area contributed by atoms with E-state index in [4.69, 9.17) is 14.6 Å². The topological polar surface area (TPSA) is 99.6 Å². The zero-order valence-electron chi connectivity index (χ0n) is 36.8. The predicted octanol–water partition coefficient (Wildman–Crippen LogP) is 9.91. The first kappa shape index (κ1) is 51.8. The van der Waals surface area contributed by atoms with E-state index in [0.29, 0.717) is 12.8 Å². The summed E-state index contributed by atoms with van der Waals surface area (Å²) < 4.78 is 11.1. The van der Waals surface area contributed by atoms with Gasteiger partial charge in [-0.05, 0) is 63.2 Å². The van der Waals surface area contributed by atoms with E-state index in [9.17, 15) is 14.4 Å². The Kier molecular flexibility index (Phi) is 34.3. The number of hydrogen-bond acceptors (Lipinski definition) is 8.